The van der Waals surface area contributed by atoms with Gasteiger partial charge in [-0.3, -0.25) is 4.55 Å². The summed E-state index contributed by atoms with van der Waals surface area (Å²) in [6.45, 7) is 4.66. The zero-order valence-corrected chi connectivity index (χ0v) is 11.9. The van der Waals surface area contributed by atoms with Crippen molar-refractivity contribution in [3.05, 3.63) is 12.2 Å². The number of halogens is 4. The summed E-state index contributed by atoms with van der Waals surface area (Å²) in [5, 5.41) is -5.65. The third-order valence-corrected chi connectivity index (χ3v) is 3.09. The number of esters is 1. The molecular weight excluding hydrogens is 324 g/mol. The molecule has 1 atom stereocenters. The van der Waals surface area contributed by atoms with E-state index in [1.54, 1.807) is 0 Å². The molecule has 0 spiro atoms. The third-order valence-electron chi connectivity index (χ3n) is 2.14. The second-order valence-corrected chi connectivity index (χ2v) is 5.53. The van der Waals surface area contributed by atoms with Gasteiger partial charge in [-0.25, -0.2) is 4.79 Å². The zero-order chi connectivity index (χ0) is 17.1. The quantitative estimate of drug-likeness (QED) is 0.239. The van der Waals surface area contributed by atoms with Crippen molar-refractivity contribution in [3.8, 4) is 0 Å². The first kappa shape index (κ1) is 19.8. The number of carbonyl (C=O) groups excluding carboxylic acids is 1. The number of rotatable bonds is 8. The standard InChI is InChI=1S/C10H14F4O6S/c1-6(2)8(15)20-7(3)19-5-4-9(11,12)10(13,14)21(16,17)18/h7H,1,4-5H2,2-3H3,(H,16,17,18). The number of hydrogen-bond donors (Lipinski definition) is 1. The molecule has 21 heavy (non-hydrogen) atoms. The van der Waals surface area contributed by atoms with Gasteiger partial charge in [0, 0.05) is 12.0 Å². The highest BCUT2D eigenvalue weighted by atomic mass is 32.2. The van der Waals surface area contributed by atoms with Gasteiger partial charge < -0.3 is 9.47 Å². The van der Waals surface area contributed by atoms with Crippen LogP contribution in [0.25, 0.3) is 0 Å². The molecular formula is C10H14F4O6S. The third kappa shape index (κ3) is 5.25. The predicted octanol–water partition coefficient (Wildman–Crippen LogP) is 1.97. The van der Waals surface area contributed by atoms with Gasteiger partial charge in [0.1, 0.15) is 0 Å². The Morgan fingerprint density at radius 3 is 2.19 bits per heavy atom. The highest BCUT2D eigenvalue weighted by Gasteiger charge is 2.65. The van der Waals surface area contributed by atoms with Gasteiger partial charge in [-0.2, -0.15) is 26.0 Å². The molecule has 6 nitrogen and oxygen atoms in total. The lowest BCUT2D eigenvalue weighted by Gasteiger charge is -2.24. The largest absolute Gasteiger partial charge is 0.433 e. The molecule has 0 aliphatic rings. The second-order valence-electron chi connectivity index (χ2n) is 4.07. The molecule has 11 heteroatoms. The highest BCUT2D eigenvalue weighted by molar-refractivity contribution is 7.87. The van der Waals surface area contributed by atoms with Crippen LogP contribution in [0.3, 0.4) is 0 Å². The van der Waals surface area contributed by atoms with Crippen molar-refractivity contribution >= 4 is 16.1 Å². The van der Waals surface area contributed by atoms with E-state index in [4.69, 9.17) is 4.55 Å². The van der Waals surface area contributed by atoms with Crippen molar-refractivity contribution in [1.82, 2.24) is 0 Å². The molecule has 0 saturated heterocycles. The lowest BCUT2D eigenvalue weighted by atomic mass is 10.2. The molecule has 0 heterocycles. The van der Waals surface area contributed by atoms with Gasteiger partial charge in [-0.15, -0.1) is 0 Å². The van der Waals surface area contributed by atoms with Crippen molar-refractivity contribution in [1.29, 1.82) is 0 Å². The van der Waals surface area contributed by atoms with E-state index < -0.39 is 46.6 Å². The van der Waals surface area contributed by atoms with Gasteiger partial charge in [0.05, 0.1) is 6.61 Å². The van der Waals surface area contributed by atoms with E-state index in [2.05, 4.69) is 16.1 Å². The summed E-state index contributed by atoms with van der Waals surface area (Å²) in [6.07, 6.45) is -3.04. The van der Waals surface area contributed by atoms with Crippen molar-refractivity contribution in [2.75, 3.05) is 6.61 Å². The van der Waals surface area contributed by atoms with Crippen LogP contribution in [0.2, 0.25) is 0 Å². The summed E-state index contributed by atoms with van der Waals surface area (Å²) >= 11 is 0. The van der Waals surface area contributed by atoms with Crippen LogP contribution in [0.15, 0.2) is 12.2 Å². The van der Waals surface area contributed by atoms with Gasteiger partial charge in [-0.1, -0.05) is 6.58 Å². The first-order chi connectivity index (χ1) is 9.22. The highest BCUT2D eigenvalue weighted by Crippen LogP contribution is 2.40. The molecule has 0 aliphatic carbocycles. The summed E-state index contributed by atoms with van der Waals surface area (Å²) < 4.78 is 89.3. The molecule has 0 aromatic carbocycles. The van der Waals surface area contributed by atoms with E-state index in [1.165, 1.54) is 6.92 Å². The average Bonchev–Trinajstić information content (AvgIpc) is 2.26. The molecule has 1 unspecified atom stereocenters. The maximum Gasteiger partial charge on any atom is 0.431 e. The molecule has 0 bridgehead atoms. The molecule has 0 aliphatic heterocycles. The Hall–Kier alpha value is -1.20. The maximum atomic E-state index is 13.0. The maximum absolute atomic E-state index is 13.0. The molecule has 0 saturated carbocycles. The minimum Gasteiger partial charge on any atom is -0.433 e. The summed E-state index contributed by atoms with van der Waals surface area (Å²) in [4.78, 5) is 11.0. The molecule has 0 amide bonds. The van der Waals surface area contributed by atoms with E-state index >= 15 is 0 Å². The van der Waals surface area contributed by atoms with E-state index in [1.807, 2.05) is 0 Å². The normalized spacial score (nSPS) is 14.6. The van der Waals surface area contributed by atoms with Crippen LogP contribution in [-0.2, 0) is 24.4 Å². The molecule has 0 rings (SSSR count). The van der Waals surface area contributed by atoms with Crippen LogP contribution in [0.1, 0.15) is 20.3 Å². The zero-order valence-electron chi connectivity index (χ0n) is 11.1. The van der Waals surface area contributed by atoms with Crippen LogP contribution in [0.5, 0.6) is 0 Å². The number of alkyl halides is 4. The van der Waals surface area contributed by atoms with Crippen molar-refractivity contribution < 1.29 is 44.8 Å². The summed E-state index contributed by atoms with van der Waals surface area (Å²) in [7, 11) is -6.28. The summed E-state index contributed by atoms with van der Waals surface area (Å²) in [5.74, 6) is -5.93. The summed E-state index contributed by atoms with van der Waals surface area (Å²) in [6, 6.07) is 0. The van der Waals surface area contributed by atoms with E-state index in [0.29, 0.717) is 0 Å². The van der Waals surface area contributed by atoms with Gasteiger partial charge in [-0.05, 0) is 13.8 Å². The Kier molecular flexibility index (Phi) is 6.32. The Balaban J connectivity index is 4.53. The van der Waals surface area contributed by atoms with Crippen LogP contribution >= 0.6 is 0 Å². The van der Waals surface area contributed by atoms with E-state index in [9.17, 15) is 30.8 Å². The fourth-order valence-corrected chi connectivity index (χ4v) is 1.45. The average molecular weight is 338 g/mol. The second kappa shape index (κ2) is 6.71. The molecule has 1 N–H and O–H groups in total. The lowest BCUT2D eigenvalue weighted by molar-refractivity contribution is -0.191. The Morgan fingerprint density at radius 1 is 1.33 bits per heavy atom. The smallest absolute Gasteiger partial charge is 0.431 e. The lowest BCUT2D eigenvalue weighted by Crippen LogP contribution is -2.47. The first-order valence-electron chi connectivity index (χ1n) is 5.43. The van der Waals surface area contributed by atoms with Gasteiger partial charge in [0.15, 0.2) is 6.29 Å². The van der Waals surface area contributed by atoms with Gasteiger partial charge in [0.2, 0.25) is 0 Å². The monoisotopic (exact) mass is 338 g/mol. The number of carbonyl (C=O) groups is 1. The molecule has 0 aromatic rings. The van der Waals surface area contributed by atoms with Crippen LogP contribution in [0, 0.1) is 0 Å². The minimum atomic E-state index is -6.28. The Bertz CT molecular complexity index is 502. The molecule has 0 fully saturated rings. The van der Waals surface area contributed by atoms with Crippen molar-refractivity contribution in [2.24, 2.45) is 0 Å². The predicted molar refractivity (Wildman–Crippen MR) is 62.4 cm³/mol. The Labute approximate surface area is 118 Å². The minimum absolute atomic E-state index is 0.00804. The number of hydrogen-bond acceptors (Lipinski definition) is 5. The van der Waals surface area contributed by atoms with Gasteiger partial charge >= 0.3 is 27.3 Å². The van der Waals surface area contributed by atoms with Crippen molar-refractivity contribution in [2.45, 2.75) is 37.7 Å². The van der Waals surface area contributed by atoms with Crippen molar-refractivity contribution in [3.63, 3.8) is 0 Å². The molecule has 0 radical (unpaired) electrons. The van der Waals surface area contributed by atoms with Crippen LogP contribution in [0.4, 0.5) is 17.6 Å². The molecule has 0 aromatic heterocycles. The Morgan fingerprint density at radius 2 is 1.81 bits per heavy atom. The fraction of sp³-hybridized carbons (Fsp3) is 0.700. The fourth-order valence-electron chi connectivity index (χ4n) is 0.973. The van der Waals surface area contributed by atoms with Crippen LogP contribution in [-0.4, -0.2) is 43.0 Å². The van der Waals surface area contributed by atoms with E-state index in [-0.39, 0.29) is 5.57 Å². The van der Waals surface area contributed by atoms with E-state index in [0.717, 1.165) is 6.92 Å². The number of ether oxygens (including phenoxy) is 2. The topological polar surface area (TPSA) is 89.9 Å². The summed E-state index contributed by atoms with van der Waals surface area (Å²) in [5.41, 5.74) is 0.00804. The molecule has 124 valence electrons. The van der Waals surface area contributed by atoms with Gasteiger partial charge in [0.25, 0.3) is 0 Å². The first-order valence-corrected chi connectivity index (χ1v) is 6.87. The van der Waals surface area contributed by atoms with Crippen LogP contribution < -0.4 is 0 Å². The SMILES string of the molecule is C=C(C)C(=O)OC(C)OCCC(F)(F)C(F)(F)S(=O)(=O)O.